The minimum atomic E-state index is -0.0531. The Labute approximate surface area is 175 Å². The fourth-order valence-electron chi connectivity index (χ4n) is 4.16. The van der Waals surface area contributed by atoms with Crippen molar-refractivity contribution in [2.45, 2.75) is 73.6 Å². The quantitative estimate of drug-likeness (QED) is 0.633. The lowest BCUT2D eigenvalue weighted by Gasteiger charge is -2.22. The van der Waals surface area contributed by atoms with Gasteiger partial charge < -0.3 is 10.1 Å². The Bertz CT molecular complexity index is 917. The van der Waals surface area contributed by atoms with Crippen molar-refractivity contribution in [2.24, 2.45) is 5.41 Å². The van der Waals surface area contributed by atoms with Crippen LogP contribution in [0.1, 0.15) is 86.3 Å². The number of hydrogen-bond acceptors (Lipinski definition) is 2. The Kier molecular flexibility index (Phi) is 5.80. The van der Waals surface area contributed by atoms with E-state index in [2.05, 4.69) is 85.0 Å². The van der Waals surface area contributed by atoms with Gasteiger partial charge in [0.2, 0.25) is 5.91 Å². The highest BCUT2D eigenvalue weighted by Gasteiger charge is 2.33. The van der Waals surface area contributed by atoms with E-state index in [9.17, 15) is 4.79 Å². The molecule has 0 aromatic heterocycles. The third kappa shape index (κ3) is 4.34. The van der Waals surface area contributed by atoms with Gasteiger partial charge in [0.05, 0.1) is 12.3 Å². The minimum Gasteiger partial charge on any atom is -0.490 e. The van der Waals surface area contributed by atoms with E-state index < -0.39 is 0 Å². The number of carbonyl (C=O) groups excluding carboxylic acids is 1. The summed E-state index contributed by atoms with van der Waals surface area (Å²) in [5.41, 5.74) is 8.22. The molecular formula is C26H35NO2. The van der Waals surface area contributed by atoms with Crippen LogP contribution < -0.4 is 10.1 Å². The Morgan fingerprint density at radius 2 is 1.69 bits per heavy atom. The standard InChI is InChI=1S/C26H35NO2/c1-15(2)19-9-11-20(12-10-19)21-14-29-25-23(21)17(4)16(3)18(5)24(25)27-22(28)13-26(6,7)8/h9-12,15,21H,13-14H2,1-8H3,(H,27,28). The Morgan fingerprint density at radius 1 is 1.07 bits per heavy atom. The average Bonchev–Trinajstić information content (AvgIpc) is 3.07. The maximum atomic E-state index is 12.7. The number of ether oxygens (including phenoxy) is 1. The highest BCUT2D eigenvalue weighted by Crippen LogP contribution is 2.48. The van der Waals surface area contributed by atoms with E-state index in [0.29, 0.717) is 18.9 Å². The van der Waals surface area contributed by atoms with Gasteiger partial charge in [0, 0.05) is 17.9 Å². The van der Waals surface area contributed by atoms with Crippen molar-refractivity contribution in [3.8, 4) is 5.75 Å². The number of hydrogen-bond donors (Lipinski definition) is 1. The summed E-state index contributed by atoms with van der Waals surface area (Å²) in [5, 5.41) is 3.17. The zero-order chi connectivity index (χ0) is 21.5. The number of nitrogens with one attached hydrogen (secondary N) is 1. The third-order valence-electron chi connectivity index (χ3n) is 6.08. The van der Waals surface area contributed by atoms with Crippen molar-refractivity contribution in [1.29, 1.82) is 0 Å². The molecule has 2 aromatic rings. The van der Waals surface area contributed by atoms with Crippen LogP contribution in [0.3, 0.4) is 0 Å². The van der Waals surface area contributed by atoms with Crippen LogP contribution in [-0.2, 0) is 4.79 Å². The molecule has 3 nitrogen and oxygen atoms in total. The van der Waals surface area contributed by atoms with E-state index in [1.165, 1.54) is 27.8 Å². The van der Waals surface area contributed by atoms with E-state index in [-0.39, 0.29) is 17.2 Å². The van der Waals surface area contributed by atoms with Gasteiger partial charge in [0.1, 0.15) is 5.75 Å². The first-order valence-electron chi connectivity index (χ1n) is 10.7. The molecule has 1 aliphatic rings. The highest BCUT2D eigenvalue weighted by atomic mass is 16.5. The molecule has 1 unspecified atom stereocenters. The first-order chi connectivity index (χ1) is 13.5. The minimum absolute atomic E-state index is 0.0411. The molecule has 0 saturated carbocycles. The van der Waals surface area contributed by atoms with E-state index in [4.69, 9.17) is 4.74 Å². The van der Waals surface area contributed by atoms with Crippen molar-refractivity contribution < 1.29 is 9.53 Å². The lowest BCUT2D eigenvalue weighted by Crippen LogP contribution is -2.20. The Balaban J connectivity index is 2.01. The maximum Gasteiger partial charge on any atom is 0.225 e. The number of fused-ring (bicyclic) bond motifs is 1. The van der Waals surface area contributed by atoms with Crippen LogP contribution in [0.25, 0.3) is 0 Å². The molecule has 1 amide bonds. The molecule has 3 heteroatoms. The van der Waals surface area contributed by atoms with Crippen LogP contribution >= 0.6 is 0 Å². The molecule has 2 aromatic carbocycles. The fraction of sp³-hybridized carbons (Fsp3) is 0.500. The predicted octanol–water partition coefficient (Wildman–Crippen LogP) is 6.63. The maximum absolute atomic E-state index is 12.7. The molecule has 0 spiro atoms. The first-order valence-corrected chi connectivity index (χ1v) is 10.7. The molecule has 1 heterocycles. The Hall–Kier alpha value is -2.29. The van der Waals surface area contributed by atoms with Gasteiger partial charge in [0.25, 0.3) is 0 Å². The molecule has 156 valence electrons. The summed E-state index contributed by atoms with van der Waals surface area (Å²) in [6, 6.07) is 8.90. The second kappa shape index (κ2) is 7.85. The summed E-state index contributed by atoms with van der Waals surface area (Å²) < 4.78 is 6.21. The summed E-state index contributed by atoms with van der Waals surface area (Å²) in [6.45, 7) is 17.7. The smallest absolute Gasteiger partial charge is 0.225 e. The lowest BCUT2D eigenvalue weighted by molar-refractivity contribution is -0.117. The summed E-state index contributed by atoms with van der Waals surface area (Å²) in [6.07, 6.45) is 0.480. The lowest BCUT2D eigenvalue weighted by atomic mass is 9.85. The predicted molar refractivity (Wildman–Crippen MR) is 121 cm³/mol. The third-order valence-corrected chi connectivity index (χ3v) is 6.08. The monoisotopic (exact) mass is 393 g/mol. The number of benzene rings is 2. The van der Waals surface area contributed by atoms with Crippen LogP contribution in [-0.4, -0.2) is 12.5 Å². The summed E-state index contributed by atoms with van der Waals surface area (Å²) in [4.78, 5) is 12.7. The number of carbonyl (C=O) groups is 1. The van der Waals surface area contributed by atoms with Crippen LogP contribution in [0.2, 0.25) is 0 Å². The molecule has 3 rings (SSSR count). The molecule has 0 radical (unpaired) electrons. The molecule has 1 atom stereocenters. The van der Waals surface area contributed by atoms with Gasteiger partial charge in [-0.2, -0.15) is 0 Å². The van der Waals surface area contributed by atoms with Crippen molar-refractivity contribution in [3.05, 3.63) is 57.6 Å². The van der Waals surface area contributed by atoms with Crippen molar-refractivity contribution >= 4 is 11.6 Å². The average molecular weight is 394 g/mol. The fourth-order valence-corrected chi connectivity index (χ4v) is 4.16. The van der Waals surface area contributed by atoms with E-state index >= 15 is 0 Å². The van der Waals surface area contributed by atoms with Crippen molar-refractivity contribution in [1.82, 2.24) is 0 Å². The van der Waals surface area contributed by atoms with Gasteiger partial charge >= 0.3 is 0 Å². The normalized spacial score (nSPS) is 16.0. The highest BCUT2D eigenvalue weighted by molar-refractivity contribution is 5.94. The van der Waals surface area contributed by atoms with Crippen molar-refractivity contribution in [3.63, 3.8) is 0 Å². The van der Waals surface area contributed by atoms with Gasteiger partial charge in [-0.3, -0.25) is 4.79 Å². The van der Waals surface area contributed by atoms with E-state index in [1.54, 1.807) is 0 Å². The topological polar surface area (TPSA) is 38.3 Å². The second-order valence-electron chi connectivity index (χ2n) is 9.96. The van der Waals surface area contributed by atoms with Gasteiger partial charge in [-0.25, -0.2) is 0 Å². The van der Waals surface area contributed by atoms with Crippen LogP contribution in [0, 0.1) is 26.2 Å². The van der Waals surface area contributed by atoms with Gasteiger partial charge in [-0.1, -0.05) is 58.9 Å². The summed E-state index contributed by atoms with van der Waals surface area (Å²) in [7, 11) is 0. The largest absolute Gasteiger partial charge is 0.490 e. The molecule has 0 saturated heterocycles. The number of amides is 1. The van der Waals surface area contributed by atoms with Crippen LogP contribution in [0.5, 0.6) is 5.75 Å². The Morgan fingerprint density at radius 3 is 2.24 bits per heavy atom. The molecule has 0 bridgehead atoms. The molecule has 29 heavy (non-hydrogen) atoms. The zero-order valence-corrected chi connectivity index (χ0v) is 19.2. The molecule has 1 aliphatic heterocycles. The van der Waals surface area contributed by atoms with Gasteiger partial charge in [-0.15, -0.1) is 0 Å². The molecular weight excluding hydrogens is 358 g/mol. The van der Waals surface area contributed by atoms with E-state index in [1.807, 2.05) is 0 Å². The van der Waals surface area contributed by atoms with Crippen LogP contribution in [0.15, 0.2) is 24.3 Å². The summed E-state index contributed by atoms with van der Waals surface area (Å²) >= 11 is 0. The number of rotatable bonds is 4. The molecule has 0 aliphatic carbocycles. The molecule has 1 N–H and O–H groups in total. The van der Waals surface area contributed by atoms with Gasteiger partial charge in [0.15, 0.2) is 0 Å². The summed E-state index contributed by atoms with van der Waals surface area (Å²) in [5.74, 6) is 1.61. The van der Waals surface area contributed by atoms with Crippen molar-refractivity contribution in [2.75, 3.05) is 11.9 Å². The van der Waals surface area contributed by atoms with Crippen LogP contribution in [0.4, 0.5) is 5.69 Å². The number of anilines is 1. The van der Waals surface area contributed by atoms with Gasteiger partial charge in [-0.05, 0) is 59.9 Å². The molecule has 0 fully saturated rings. The zero-order valence-electron chi connectivity index (χ0n) is 19.2. The van der Waals surface area contributed by atoms with E-state index in [0.717, 1.165) is 17.0 Å². The first kappa shape index (κ1) is 21.4. The second-order valence-corrected chi connectivity index (χ2v) is 9.96. The SMILES string of the molecule is Cc1c(C)c(NC(=O)CC(C)(C)C)c2c(c1C)C(c1ccc(C(C)C)cc1)CO2.